The van der Waals surface area contributed by atoms with Gasteiger partial charge in [0.2, 0.25) is 17.7 Å². The first-order valence-electron chi connectivity index (χ1n) is 23.3. The van der Waals surface area contributed by atoms with Crippen molar-refractivity contribution in [2.24, 2.45) is 0 Å². The van der Waals surface area contributed by atoms with Crippen LogP contribution in [-0.4, -0.2) is 142 Å². The average Bonchev–Trinajstić information content (AvgIpc) is 3.55. The lowest BCUT2D eigenvalue weighted by Crippen LogP contribution is -2.54. The number of amides is 6. The molecule has 3 saturated heterocycles. The molecule has 6 amide bonds. The maximum atomic E-state index is 14.0. The van der Waals surface area contributed by atoms with Crippen LogP contribution in [0.5, 0.6) is 5.75 Å². The molecule has 5 aliphatic heterocycles. The van der Waals surface area contributed by atoms with Crippen LogP contribution in [0.2, 0.25) is 0 Å². The molecule has 66 heavy (non-hydrogen) atoms. The second-order valence-corrected chi connectivity index (χ2v) is 17.8. The van der Waals surface area contributed by atoms with Gasteiger partial charge in [-0.1, -0.05) is 17.7 Å². The molecule has 3 aromatic rings. The molecule has 0 spiro atoms. The van der Waals surface area contributed by atoms with Crippen LogP contribution < -0.4 is 30.5 Å². The van der Waals surface area contributed by atoms with Crippen molar-refractivity contribution in [3.8, 4) is 16.9 Å². The van der Waals surface area contributed by atoms with Crippen LogP contribution in [0, 0.1) is 6.92 Å². The molecule has 3 N–H and O–H groups in total. The van der Waals surface area contributed by atoms with Crippen LogP contribution in [0.15, 0.2) is 65.7 Å². The van der Waals surface area contributed by atoms with Gasteiger partial charge in [0.1, 0.15) is 18.4 Å². The zero-order valence-corrected chi connectivity index (χ0v) is 38.4. The quantitative estimate of drug-likeness (QED) is 0.138. The molecule has 16 nitrogen and oxygen atoms in total. The molecule has 5 aliphatic rings. The maximum Gasteiger partial charge on any atom is 0.262 e. The number of carbonyl (C=O) groups is 6. The molecule has 2 atom stereocenters. The number of hydrogen-bond acceptors (Lipinski definition) is 12. The van der Waals surface area contributed by atoms with Crippen molar-refractivity contribution in [1.82, 2.24) is 25.8 Å². The highest BCUT2D eigenvalue weighted by Crippen LogP contribution is 2.35. The smallest absolute Gasteiger partial charge is 0.262 e. The lowest BCUT2D eigenvalue weighted by atomic mass is 9.94. The van der Waals surface area contributed by atoms with Gasteiger partial charge in [0.15, 0.2) is 0 Å². The van der Waals surface area contributed by atoms with E-state index in [1.54, 1.807) is 6.07 Å². The molecule has 3 aromatic carbocycles. The van der Waals surface area contributed by atoms with Crippen molar-refractivity contribution in [2.45, 2.75) is 77.9 Å². The number of nitrogens with zero attached hydrogens (tertiary/aromatic N) is 4. The van der Waals surface area contributed by atoms with Crippen molar-refractivity contribution >= 4 is 46.8 Å². The molecule has 0 aromatic heterocycles. The minimum absolute atomic E-state index is 0.0619. The van der Waals surface area contributed by atoms with E-state index < -0.39 is 29.7 Å². The lowest BCUT2D eigenvalue weighted by molar-refractivity contribution is -0.136. The molecule has 5 heterocycles. The number of rotatable bonds is 16. The van der Waals surface area contributed by atoms with E-state index in [4.69, 9.17) is 14.2 Å². The molecular formula is C50H61N7O9. The minimum atomic E-state index is -1.02. The molecule has 3 fully saturated rings. The summed E-state index contributed by atoms with van der Waals surface area (Å²) >= 11 is 0. The number of fused-ring (bicyclic) bond motifs is 1. The molecule has 2 unspecified atom stereocenters. The Hall–Kier alpha value is -6.10. The third-order valence-electron chi connectivity index (χ3n) is 13.5. The normalized spacial score (nSPS) is 20.6. The number of piperazine rings is 1. The monoisotopic (exact) mass is 903 g/mol. The lowest BCUT2D eigenvalue weighted by Gasteiger charge is -2.37. The molecule has 8 rings (SSSR count). The Labute approximate surface area is 386 Å². The van der Waals surface area contributed by atoms with E-state index >= 15 is 0 Å². The van der Waals surface area contributed by atoms with E-state index in [1.807, 2.05) is 26.8 Å². The Balaban J connectivity index is 0.830. The summed E-state index contributed by atoms with van der Waals surface area (Å²) in [5, 5.41) is 8.27. The van der Waals surface area contributed by atoms with Gasteiger partial charge < -0.3 is 34.6 Å². The van der Waals surface area contributed by atoms with Gasteiger partial charge in [-0.3, -0.25) is 43.9 Å². The summed E-state index contributed by atoms with van der Waals surface area (Å²) in [6, 6.07) is 16.8. The number of piperidine rings is 1. The fourth-order valence-electron chi connectivity index (χ4n) is 9.80. The molecule has 16 heteroatoms. The molecule has 0 saturated carbocycles. The SMILES string of the molecule is CCN(c1cc(-c2ccc(N3CCN(CCOCCOc4ccc5c(c4)C(=O)N(C4CCC(=O)NC4=O)C5=O)CC3)cc2)cc(C(=O)NCC2=C(C)CC(C)NC2=O)c1C)C1CCOCC1. The largest absolute Gasteiger partial charge is 0.491 e. The van der Waals surface area contributed by atoms with E-state index in [0.717, 1.165) is 110 Å². The van der Waals surface area contributed by atoms with Crippen molar-refractivity contribution < 1.29 is 43.0 Å². The predicted molar refractivity (Wildman–Crippen MR) is 249 cm³/mol. The first-order valence-corrected chi connectivity index (χ1v) is 23.3. The summed E-state index contributed by atoms with van der Waals surface area (Å²) in [5.41, 5.74) is 7.69. The number of anilines is 2. The van der Waals surface area contributed by atoms with Gasteiger partial charge in [-0.25, -0.2) is 0 Å². The summed E-state index contributed by atoms with van der Waals surface area (Å²) in [6.45, 7) is 15.9. The van der Waals surface area contributed by atoms with Crippen LogP contribution in [0.4, 0.5) is 11.4 Å². The standard InChI is InChI=1S/C50H61N7O9/c1-5-56(37-14-21-64-22-15-37)44-28-35(27-40(33(44)4)46(59)51-30-42-31(2)26-32(3)52-47(42)60)34-6-8-36(9-7-34)55-18-16-54(17-19-55)20-23-65-24-25-66-38-10-11-39-41(29-38)50(63)57(49(39)62)43-12-13-45(58)53-48(43)61/h6-11,27-29,32,37,43H,5,12-26,30H2,1-4H3,(H,51,59)(H,52,60)(H,53,58,61). The number of ether oxygens (including phenoxy) is 3. The van der Waals surface area contributed by atoms with E-state index in [2.05, 4.69) is 67.9 Å². The predicted octanol–water partition coefficient (Wildman–Crippen LogP) is 4.24. The van der Waals surface area contributed by atoms with E-state index in [0.29, 0.717) is 36.1 Å². The zero-order chi connectivity index (χ0) is 46.5. The first kappa shape index (κ1) is 46.4. The van der Waals surface area contributed by atoms with Crippen molar-refractivity contribution in [2.75, 3.05) is 88.6 Å². The fourth-order valence-corrected chi connectivity index (χ4v) is 9.80. The van der Waals surface area contributed by atoms with Gasteiger partial charge in [0.25, 0.3) is 17.7 Å². The third-order valence-corrected chi connectivity index (χ3v) is 13.5. The Morgan fingerprint density at radius 3 is 2.32 bits per heavy atom. The van der Waals surface area contributed by atoms with Gasteiger partial charge in [0, 0.05) is 100 Å². The van der Waals surface area contributed by atoms with Crippen LogP contribution in [-0.2, 0) is 23.9 Å². The van der Waals surface area contributed by atoms with Gasteiger partial charge in [-0.15, -0.1) is 0 Å². The average molecular weight is 904 g/mol. The van der Waals surface area contributed by atoms with E-state index in [-0.39, 0.29) is 55.0 Å². The molecule has 0 aliphatic carbocycles. The summed E-state index contributed by atoms with van der Waals surface area (Å²) in [5.74, 6) is -2.09. The topological polar surface area (TPSA) is 179 Å². The highest BCUT2D eigenvalue weighted by atomic mass is 16.5. The van der Waals surface area contributed by atoms with Crippen LogP contribution in [0.1, 0.15) is 89.5 Å². The van der Waals surface area contributed by atoms with Crippen molar-refractivity contribution in [3.05, 3.63) is 88.0 Å². The van der Waals surface area contributed by atoms with Gasteiger partial charge in [0.05, 0.1) is 24.3 Å². The molecule has 0 bridgehead atoms. The molecule has 0 radical (unpaired) electrons. The second-order valence-electron chi connectivity index (χ2n) is 17.8. The maximum absolute atomic E-state index is 14.0. The van der Waals surface area contributed by atoms with Crippen molar-refractivity contribution in [1.29, 1.82) is 0 Å². The van der Waals surface area contributed by atoms with Gasteiger partial charge in [-0.2, -0.15) is 0 Å². The van der Waals surface area contributed by atoms with Crippen LogP contribution >= 0.6 is 0 Å². The summed E-state index contributed by atoms with van der Waals surface area (Å²) in [6.07, 6.45) is 2.78. The summed E-state index contributed by atoms with van der Waals surface area (Å²) in [4.78, 5) is 85.0. The van der Waals surface area contributed by atoms with Crippen LogP contribution in [0.3, 0.4) is 0 Å². The number of hydrogen-bond donors (Lipinski definition) is 3. The Kier molecular flexibility index (Phi) is 14.5. The van der Waals surface area contributed by atoms with Crippen LogP contribution in [0.25, 0.3) is 11.1 Å². The van der Waals surface area contributed by atoms with E-state index in [1.165, 1.54) is 12.1 Å². The minimum Gasteiger partial charge on any atom is -0.491 e. The highest BCUT2D eigenvalue weighted by Gasteiger charge is 2.44. The Morgan fingerprint density at radius 1 is 0.864 bits per heavy atom. The van der Waals surface area contributed by atoms with Gasteiger partial charge >= 0.3 is 0 Å². The fraction of sp³-hybridized carbons (Fsp3) is 0.480. The van der Waals surface area contributed by atoms with E-state index in [9.17, 15) is 28.8 Å². The summed E-state index contributed by atoms with van der Waals surface area (Å²) in [7, 11) is 0. The Bertz CT molecular complexity index is 2390. The third kappa shape index (κ3) is 10.1. The number of carbonyl (C=O) groups excluding carboxylic acids is 6. The van der Waals surface area contributed by atoms with Crippen molar-refractivity contribution in [3.63, 3.8) is 0 Å². The second kappa shape index (κ2) is 20.6. The number of imide groups is 2. The molecule has 350 valence electrons. The number of nitrogens with one attached hydrogen (secondary N) is 3. The van der Waals surface area contributed by atoms with Gasteiger partial charge in [-0.05, 0) is 113 Å². The Morgan fingerprint density at radius 2 is 1.61 bits per heavy atom. The highest BCUT2D eigenvalue weighted by molar-refractivity contribution is 6.23. The number of benzene rings is 3. The first-order chi connectivity index (χ1) is 31.9. The summed E-state index contributed by atoms with van der Waals surface area (Å²) < 4.78 is 17.4. The zero-order valence-electron chi connectivity index (χ0n) is 38.4. The molecular weight excluding hydrogens is 843 g/mol.